The van der Waals surface area contributed by atoms with Crippen molar-refractivity contribution in [1.82, 2.24) is 9.78 Å². The first-order valence-electron chi connectivity index (χ1n) is 5.93. The number of para-hydroxylation sites is 1. The van der Waals surface area contributed by atoms with Crippen molar-refractivity contribution in [2.75, 3.05) is 14.2 Å². The summed E-state index contributed by atoms with van der Waals surface area (Å²) in [5.41, 5.74) is 1.63. The second-order valence-corrected chi connectivity index (χ2v) is 3.98. The van der Waals surface area contributed by atoms with Gasteiger partial charge in [0.25, 0.3) is 0 Å². The molecule has 0 spiro atoms. The molecule has 0 N–H and O–H groups in total. The quantitative estimate of drug-likeness (QED) is 0.614. The zero-order valence-corrected chi connectivity index (χ0v) is 11.5. The molecule has 0 amide bonds. The van der Waals surface area contributed by atoms with Crippen LogP contribution in [0.1, 0.15) is 21.7 Å². The van der Waals surface area contributed by atoms with Gasteiger partial charge in [0.1, 0.15) is 11.4 Å². The average molecular weight is 270 g/mol. The molecule has 0 saturated heterocycles. The van der Waals surface area contributed by atoms with Gasteiger partial charge < -0.3 is 9.47 Å². The van der Waals surface area contributed by atoms with Crippen molar-refractivity contribution >= 4 is 5.97 Å². The van der Waals surface area contributed by atoms with E-state index < -0.39 is 5.97 Å². The van der Waals surface area contributed by atoms with Crippen molar-refractivity contribution < 1.29 is 14.3 Å². The maximum absolute atomic E-state index is 11.4. The highest BCUT2D eigenvalue weighted by atomic mass is 16.5. The largest absolute Gasteiger partial charge is 0.495 e. The van der Waals surface area contributed by atoms with Gasteiger partial charge in [0, 0.05) is 13.1 Å². The molecule has 0 unspecified atom stereocenters. The van der Waals surface area contributed by atoms with Gasteiger partial charge in [-0.05, 0) is 18.1 Å². The minimum absolute atomic E-state index is 0.235. The Morgan fingerprint density at radius 1 is 1.25 bits per heavy atom. The van der Waals surface area contributed by atoms with Gasteiger partial charge in [0.15, 0.2) is 5.69 Å². The van der Waals surface area contributed by atoms with Gasteiger partial charge in [-0.2, -0.15) is 5.10 Å². The van der Waals surface area contributed by atoms with E-state index in [1.54, 1.807) is 20.2 Å². The van der Waals surface area contributed by atoms with Crippen molar-refractivity contribution in [2.24, 2.45) is 7.05 Å². The van der Waals surface area contributed by atoms with Crippen LogP contribution in [0, 0.1) is 11.8 Å². The lowest BCUT2D eigenvalue weighted by Crippen LogP contribution is -2.03. The Morgan fingerprint density at radius 2 is 2.00 bits per heavy atom. The van der Waals surface area contributed by atoms with Gasteiger partial charge in [0.05, 0.1) is 19.8 Å². The lowest BCUT2D eigenvalue weighted by Gasteiger charge is -2.00. The van der Waals surface area contributed by atoms with E-state index in [1.165, 1.54) is 11.8 Å². The summed E-state index contributed by atoms with van der Waals surface area (Å²) in [6.07, 6.45) is 0. The van der Waals surface area contributed by atoms with E-state index in [2.05, 4.69) is 21.7 Å². The Morgan fingerprint density at radius 3 is 2.70 bits per heavy atom. The maximum Gasteiger partial charge on any atom is 0.358 e. The lowest BCUT2D eigenvalue weighted by molar-refractivity contribution is 0.0593. The molecule has 1 aromatic carbocycles. The Labute approximate surface area is 117 Å². The van der Waals surface area contributed by atoms with Crippen LogP contribution in [-0.2, 0) is 11.8 Å². The number of carbonyl (C=O) groups excluding carboxylic acids is 1. The third-order valence-electron chi connectivity index (χ3n) is 2.71. The van der Waals surface area contributed by atoms with Crippen molar-refractivity contribution in [2.45, 2.75) is 0 Å². The van der Waals surface area contributed by atoms with E-state index >= 15 is 0 Å². The van der Waals surface area contributed by atoms with Gasteiger partial charge in [-0.1, -0.05) is 18.1 Å². The fourth-order valence-corrected chi connectivity index (χ4v) is 1.67. The van der Waals surface area contributed by atoms with Gasteiger partial charge in [-0.3, -0.25) is 4.68 Å². The first kappa shape index (κ1) is 13.7. The molecule has 0 saturated carbocycles. The van der Waals surface area contributed by atoms with Crippen molar-refractivity contribution in [1.29, 1.82) is 0 Å². The number of rotatable bonds is 2. The Balaban J connectivity index is 2.33. The summed E-state index contributed by atoms with van der Waals surface area (Å²) in [5.74, 6) is 6.19. The zero-order chi connectivity index (χ0) is 14.5. The standard InChI is InChI=1S/C15H14N2O3/c1-17-12(10-13(16-17)15(18)20-3)9-8-11-6-4-5-7-14(11)19-2/h4-7,10H,1-3H3. The molecule has 0 aliphatic carbocycles. The van der Waals surface area contributed by atoms with Crippen LogP contribution in [0.2, 0.25) is 0 Å². The van der Waals surface area contributed by atoms with Crippen LogP contribution in [0.4, 0.5) is 0 Å². The van der Waals surface area contributed by atoms with E-state index in [9.17, 15) is 4.79 Å². The van der Waals surface area contributed by atoms with Crippen molar-refractivity contribution in [3.63, 3.8) is 0 Å². The predicted octanol–water partition coefficient (Wildman–Crippen LogP) is 1.62. The third kappa shape index (κ3) is 2.81. The second-order valence-electron chi connectivity index (χ2n) is 3.98. The number of hydrogen-bond donors (Lipinski definition) is 0. The fourth-order valence-electron chi connectivity index (χ4n) is 1.67. The van der Waals surface area contributed by atoms with Crippen molar-refractivity contribution in [3.8, 4) is 17.6 Å². The van der Waals surface area contributed by atoms with Gasteiger partial charge >= 0.3 is 5.97 Å². The summed E-state index contributed by atoms with van der Waals surface area (Å²) in [6, 6.07) is 9.06. The summed E-state index contributed by atoms with van der Waals surface area (Å²) < 4.78 is 11.4. The Hall–Kier alpha value is -2.74. The van der Waals surface area contributed by atoms with Crippen LogP contribution in [-0.4, -0.2) is 30.0 Å². The van der Waals surface area contributed by atoms with Crippen LogP contribution < -0.4 is 4.74 Å². The number of esters is 1. The molecule has 0 bridgehead atoms. The Bertz CT molecular complexity index is 693. The molecule has 0 atom stereocenters. The number of aromatic nitrogens is 2. The molecule has 102 valence electrons. The van der Waals surface area contributed by atoms with Gasteiger partial charge in [-0.25, -0.2) is 4.79 Å². The molecule has 20 heavy (non-hydrogen) atoms. The normalized spacial score (nSPS) is 9.55. The number of hydrogen-bond acceptors (Lipinski definition) is 4. The Kier molecular flexibility index (Phi) is 4.06. The number of aryl methyl sites for hydroxylation is 1. The fraction of sp³-hybridized carbons (Fsp3) is 0.200. The van der Waals surface area contributed by atoms with Crippen LogP contribution in [0.15, 0.2) is 30.3 Å². The molecule has 1 aromatic heterocycles. The van der Waals surface area contributed by atoms with E-state index in [4.69, 9.17) is 4.74 Å². The zero-order valence-electron chi connectivity index (χ0n) is 11.5. The number of ether oxygens (including phenoxy) is 2. The summed E-state index contributed by atoms with van der Waals surface area (Å²) >= 11 is 0. The highest BCUT2D eigenvalue weighted by molar-refractivity contribution is 5.87. The predicted molar refractivity (Wildman–Crippen MR) is 73.5 cm³/mol. The molecule has 5 nitrogen and oxygen atoms in total. The molecule has 5 heteroatoms. The molecule has 1 heterocycles. The molecule has 0 aliphatic rings. The second kappa shape index (κ2) is 5.93. The summed E-state index contributed by atoms with van der Waals surface area (Å²) in [7, 11) is 4.63. The lowest BCUT2D eigenvalue weighted by atomic mass is 10.2. The summed E-state index contributed by atoms with van der Waals surface area (Å²) in [5, 5.41) is 4.04. The first-order chi connectivity index (χ1) is 9.65. The van der Waals surface area contributed by atoms with E-state index in [-0.39, 0.29) is 5.69 Å². The van der Waals surface area contributed by atoms with Gasteiger partial charge in [-0.15, -0.1) is 0 Å². The molecule has 2 rings (SSSR count). The molecule has 0 aliphatic heterocycles. The summed E-state index contributed by atoms with van der Waals surface area (Å²) in [6.45, 7) is 0. The van der Waals surface area contributed by atoms with E-state index in [0.717, 1.165) is 5.56 Å². The number of benzene rings is 1. The highest BCUT2D eigenvalue weighted by Gasteiger charge is 2.11. The SMILES string of the molecule is COC(=O)c1cc(C#Cc2ccccc2OC)n(C)n1. The summed E-state index contributed by atoms with van der Waals surface area (Å²) in [4.78, 5) is 11.4. The molecular weight excluding hydrogens is 256 g/mol. The van der Waals surface area contributed by atoms with Gasteiger partial charge in [0.2, 0.25) is 0 Å². The average Bonchev–Trinajstić information content (AvgIpc) is 2.85. The first-order valence-corrected chi connectivity index (χ1v) is 5.93. The number of methoxy groups -OCH3 is 2. The minimum atomic E-state index is -0.481. The topological polar surface area (TPSA) is 53.4 Å². The monoisotopic (exact) mass is 270 g/mol. The van der Waals surface area contributed by atoms with E-state index in [0.29, 0.717) is 11.4 Å². The molecule has 0 fully saturated rings. The van der Waals surface area contributed by atoms with E-state index in [1.807, 2.05) is 24.3 Å². The highest BCUT2D eigenvalue weighted by Crippen LogP contribution is 2.15. The third-order valence-corrected chi connectivity index (χ3v) is 2.71. The molecule has 0 radical (unpaired) electrons. The van der Waals surface area contributed by atoms with Crippen LogP contribution in [0.3, 0.4) is 0 Å². The molecular formula is C15H14N2O3. The number of carbonyl (C=O) groups is 1. The van der Waals surface area contributed by atoms with Crippen LogP contribution in [0.5, 0.6) is 5.75 Å². The van der Waals surface area contributed by atoms with Crippen molar-refractivity contribution in [3.05, 3.63) is 47.3 Å². The van der Waals surface area contributed by atoms with Crippen LogP contribution in [0.25, 0.3) is 0 Å². The minimum Gasteiger partial charge on any atom is -0.495 e. The smallest absolute Gasteiger partial charge is 0.358 e. The number of nitrogens with zero attached hydrogens (tertiary/aromatic N) is 2. The maximum atomic E-state index is 11.4. The molecule has 2 aromatic rings. The van der Waals surface area contributed by atoms with Crippen LogP contribution >= 0.6 is 0 Å².